The van der Waals surface area contributed by atoms with E-state index < -0.39 is 12.2 Å². The molecule has 5 heteroatoms. The van der Waals surface area contributed by atoms with Crippen molar-refractivity contribution >= 4 is 0 Å². The van der Waals surface area contributed by atoms with Crippen LogP contribution in [0, 0.1) is 0 Å². The molecule has 0 saturated heterocycles. The number of aryl methyl sites for hydroxylation is 1. The normalized spacial score (nSPS) is 15.9. The molecule has 1 aromatic carbocycles. The summed E-state index contributed by atoms with van der Waals surface area (Å²) in [5.41, 5.74) is 1.25. The van der Waals surface area contributed by atoms with Gasteiger partial charge in [0, 0.05) is 19.1 Å². The summed E-state index contributed by atoms with van der Waals surface area (Å²) in [7, 11) is 0. The van der Waals surface area contributed by atoms with E-state index >= 15 is 0 Å². The lowest BCUT2D eigenvalue weighted by molar-refractivity contribution is 0.00838. The van der Waals surface area contributed by atoms with Crippen LogP contribution in [0.4, 0.5) is 0 Å². The van der Waals surface area contributed by atoms with Crippen molar-refractivity contribution in [1.82, 2.24) is 4.90 Å². The van der Waals surface area contributed by atoms with Gasteiger partial charge in [-0.25, -0.2) is 0 Å². The maximum absolute atomic E-state index is 9.61. The maximum Gasteiger partial charge on any atom is 0.0897 e. The molecule has 0 spiro atoms. The second kappa shape index (κ2) is 9.87. The van der Waals surface area contributed by atoms with E-state index in [1.807, 2.05) is 30.0 Å². The van der Waals surface area contributed by atoms with Gasteiger partial charge in [0.15, 0.2) is 0 Å². The van der Waals surface area contributed by atoms with Gasteiger partial charge < -0.3 is 20.4 Å². The summed E-state index contributed by atoms with van der Waals surface area (Å²) in [5, 5.41) is 37.2. The number of rotatable bonds is 10. The molecule has 4 N–H and O–H groups in total. The van der Waals surface area contributed by atoms with Crippen LogP contribution in [-0.4, -0.2) is 69.9 Å². The molecule has 0 aliphatic carbocycles. The molecule has 0 aromatic heterocycles. The van der Waals surface area contributed by atoms with E-state index in [1.165, 1.54) is 5.56 Å². The lowest BCUT2D eigenvalue weighted by Gasteiger charge is -2.32. The molecule has 1 rings (SSSR count). The summed E-state index contributed by atoms with van der Waals surface area (Å²) >= 11 is 0. The quantitative estimate of drug-likeness (QED) is 0.489. The van der Waals surface area contributed by atoms with Crippen LogP contribution in [0.3, 0.4) is 0 Å². The number of aliphatic hydroxyl groups is 4. The molecule has 0 aliphatic rings. The van der Waals surface area contributed by atoms with E-state index in [0.717, 1.165) is 12.8 Å². The fourth-order valence-electron chi connectivity index (χ4n) is 2.29. The molecule has 0 aliphatic heterocycles. The van der Waals surface area contributed by atoms with E-state index in [0.29, 0.717) is 0 Å². The Morgan fingerprint density at radius 2 is 1.48 bits per heavy atom. The van der Waals surface area contributed by atoms with Gasteiger partial charge >= 0.3 is 0 Å². The molecule has 1 aromatic rings. The SMILES string of the molecule is C[C@@H](CCc1ccccc1)N(C[C@@H](O)CO)C[C@@H](O)CO. The zero-order chi connectivity index (χ0) is 15.7. The van der Waals surface area contributed by atoms with Crippen LogP contribution in [0.2, 0.25) is 0 Å². The predicted octanol–water partition coefficient (Wildman–Crippen LogP) is 0.0161. The standard InChI is InChI=1S/C16H27NO4/c1-13(7-8-14-5-3-2-4-6-14)17(9-15(20)11-18)10-16(21)12-19/h2-6,13,15-16,18-21H,7-12H2,1H3/t13-,15+,16+/m0/s1. The van der Waals surface area contributed by atoms with Crippen molar-refractivity contribution in [2.75, 3.05) is 26.3 Å². The lowest BCUT2D eigenvalue weighted by atomic mass is 10.0. The third-order valence-corrected chi connectivity index (χ3v) is 3.63. The molecule has 21 heavy (non-hydrogen) atoms. The minimum absolute atomic E-state index is 0.132. The van der Waals surface area contributed by atoms with Gasteiger partial charge in [-0.2, -0.15) is 0 Å². The monoisotopic (exact) mass is 297 g/mol. The first kappa shape index (κ1) is 18.1. The number of aliphatic hydroxyl groups excluding tert-OH is 4. The van der Waals surface area contributed by atoms with Crippen molar-refractivity contribution in [3.05, 3.63) is 35.9 Å². The molecule has 0 radical (unpaired) electrons. The number of hydrogen-bond acceptors (Lipinski definition) is 5. The molecule has 0 saturated carbocycles. The molecule has 0 unspecified atom stereocenters. The fraction of sp³-hybridized carbons (Fsp3) is 0.625. The molecule has 5 nitrogen and oxygen atoms in total. The average molecular weight is 297 g/mol. The summed E-state index contributed by atoms with van der Waals surface area (Å²) in [6.45, 7) is 1.97. The van der Waals surface area contributed by atoms with Gasteiger partial charge in [-0.05, 0) is 25.3 Å². The number of nitrogens with zero attached hydrogens (tertiary/aromatic N) is 1. The van der Waals surface area contributed by atoms with Crippen LogP contribution in [0.15, 0.2) is 30.3 Å². The van der Waals surface area contributed by atoms with Gasteiger partial charge in [0.25, 0.3) is 0 Å². The summed E-state index contributed by atoms with van der Waals surface area (Å²) < 4.78 is 0. The Balaban J connectivity index is 2.54. The van der Waals surface area contributed by atoms with Crippen molar-refractivity contribution in [3.63, 3.8) is 0 Å². The molecule has 0 amide bonds. The zero-order valence-corrected chi connectivity index (χ0v) is 12.6. The van der Waals surface area contributed by atoms with Crippen molar-refractivity contribution in [2.45, 2.75) is 38.0 Å². The Labute approximate surface area is 126 Å². The third kappa shape index (κ3) is 7.02. The van der Waals surface area contributed by atoms with Crippen molar-refractivity contribution < 1.29 is 20.4 Å². The third-order valence-electron chi connectivity index (χ3n) is 3.63. The van der Waals surface area contributed by atoms with Gasteiger partial charge in [0.1, 0.15) is 0 Å². The summed E-state index contributed by atoms with van der Waals surface area (Å²) in [4.78, 5) is 1.91. The number of benzene rings is 1. The van der Waals surface area contributed by atoms with E-state index in [1.54, 1.807) is 0 Å². The Morgan fingerprint density at radius 1 is 0.952 bits per heavy atom. The van der Waals surface area contributed by atoms with Crippen LogP contribution in [0.1, 0.15) is 18.9 Å². The Hall–Kier alpha value is -0.980. The van der Waals surface area contributed by atoms with Crippen LogP contribution in [0.25, 0.3) is 0 Å². The highest BCUT2D eigenvalue weighted by Gasteiger charge is 2.20. The first-order valence-corrected chi connectivity index (χ1v) is 7.42. The highest BCUT2D eigenvalue weighted by molar-refractivity contribution is 5.14. The van der Waals surface area contributed by atoms with E-state index in [4.69, 9.17) is 10.2 Å². The molecular formula is C16H27NO4. The first-order chi connectivity index (χ1) is 10.1. The minimum atomic E-state index is -0.838. The highest BCUT2D eigenvalue weighted by Crippen LogP contribution is 2.11. The summed E-state index contributed by atoms with van der Waals surface area (Å²) in [6, 6.07) is 10.3. The van der Waals surface area contributed by atoms with Crippen LogP contribution < -0.4 is 0 Å². The minimum Gasteiger partial charge on any atom is -0.394 e. The van der Waals surface area contributed by atoms with Crippen molar-refractivity contribution in [2.24, 2.45) is 0 Å². The average Bonchev–Trinajstić information content (AvgIpc) is 2.52. The smallest absolute Gasteiger partial charge is 0.0897 e. The molecule has 3 atom stereocenters. The molecule has 0 fully saturated rings. The Bertz CT molecular complexity index is 362. The topological polar surface area (TPSA) is 84.2 Å². The van der Waals surface area contributed by atoms with Crippen molar-refractivity contribution in [1.29, 1.82) is 0 Å². The molecular weight excluding hydrogens is 270 g/mol. The van der Waals surface area contributed by atoms with E-state index in [2.05, 4.69) is 12.1 Å². The highest BCUT2D eigenvalue weighted by atomic mass is 16.3. The zero-order valence-electron chi connectivity index (χ0n) is 12.6. The molecule has 120 valence electrons. The van der Waals surface area contributed by atoms with Gasteiger partial charge in [-0.1, -0.05) is 30.3 Å². The molecule has 0 bridgehead atoms. The first-order valence-electron chi connectivity index (χ1n) is 7.42. The van der Waals surface area contributed by atoms with Gasteiger partial charge in [-0.15, -0.1) is 0 Å². The fourth-order valence-corrected chi connectivity index (χ4v) is 2.29. The lowest BCUT2D eigenvalue weighted by Crippen LogP contribution is -2.45. The number of hydrogen-bond donors (Lipinski definition) is 4. The predicted molar refractivity (Wildman–Crippen MR) is 82.0 cm³/mol. The Morgan fingerprint density at radius 3 is 1.95 bits per heavy atom. The van der Waals surface area contributed by atoms with Crippen LogP contribution >= 0.6 is 0 Å². The summed E-state index contributed by atoms with van der Waals surface area (Å²) in [5.74, 6) is 0. The second-order valence-electron chi connectivity index (χ2n) is 5.50. The van der Waals surface area contributed by atoms with Gasteiger partial charge in [0.2, 0.25) is 0 Å². The van der Waals surface area contributed by atoms with Gasteiger partial charge in [0.05, 0.1) is 25.4 Å². The summed E-state index contributed by atoms with van der Waals surface area (Å²) in [6.07, 6.45) is 0.105. The van der Waals surface area contributed by atoms with E-state index in [-0.39, 0.29) is 32.3 Å². The Kier molecular flexibility index (Phi) is 8.49. The maximum atomic E-state index is 9.61. The van der Waals surface area contributed by atoms with Crippen molar-refractivity contribution in [3.8, 4) is 0 Å². The molecule has 0 heterocycles. The van der Waals surface area contributed by atoms with E-state index in [9.17, 15) is 10.2 Å². The largest absolute Gasteiger partial charge is 0.394 e. The second-order valence-corrected chi connectivity index (χ2v) is 5.50. The van der Waals surface area contributed by atoms with Gasteiger partial charge in [-0.3, -0.25) is 4.90 Å². The van der Waals surface area contributed by atoms with Crippen LogP contribution in [0.5, 0.6) is 0 Å². The van der Waals surface area contributed by atoms with Crippen LogP contribution in [-0.2, 0) is 6.42 Å².